The van der Waals surface area contributed by atoms with Crippen LogP contribution in [0.4, 0.5) is 5.69 Å². The molecule has 10 aromatic carbocycles. The predicted octanol–water partition coefficient (Wildman–Crippen LogP) is 16.2. The molecule has 0 bridgehead atoms. The maximum absolute atomic E-state index is 11.7. The summed E-state index contributed by atoms with van der Waals surface area (Å²) in [6, 6.07) is 79.2. The van der Waals surface area contributed by atoms with Crippen LogP contribution >= 0.6 is 0 Å². The van der Waals surface area contributed by atoms with Crippen LogP contribution in [-0.2, 0) is 0 Å². The molecule has 0 atom stereocenters. The lowest BCUT2D eigenvalue weighted by atomic mass is 9.95. The van der Waals surface area contributed by atoms with Gasteiger partial charge in [0, 0.05) is 60.0 Å². The number of aromatic nitrogens is 4. The fourth-order valence-electron chi connectivity index (χ4n) is 11.3. The number of fused-ring (bicyclic) bond motifs is 12. The molecule has 14 rings (SSSR count). The second kappa shape index (κ2) is 14.4. The minimum Gasteiger partial charge on any atom is -0.318 e. The molecule has 6 heteroatoms. The molecule has 314 valence electrons. The van der Waals surface area contributed by atoms with E-state index in [9.17, 15) is 11.8 Å². The Morgan fingerprint density at radius 2 is 0.588 bits per heavy atom. The lowest BCUT2D eigenvalue weighted by molar-refractivity contribution is 1.12. The Balaban J connectivity index is 1.22. The molecular formula is C62H36N6. The fraction of sp³-hybridized carbons (Fsp3) is 0. The molecule has 0 amide bonds. The van der Waals surface area contributed by atoms with E-state index in [2.05, 4.69) is 242 Å². The van der Waals surface area contributed by atoms with E-state index in [1.165, 1.54) is 0 Å². The summed E-state index contributed by atoms with van der Waals surface area (Å²) >= 11 is 0. The lowest BCUT2D eigenvalue weighted by Crippen LogP contribution is -2.07. The quantitative estimate of drug-likeness (QED) is 0.159. The Labute approximate surface area is 390 Å². The summed E-state index contributed by atoms with van der Waals surface area (Å²) in [5.41, 5.74) is 13.9. The smallest absolute Gasteiger partial charge is 0.213 e. The fourth-order valence-corrected chi connectivity index (χ4v) is 11.3. The maximum Gasteiger partial charge on any atom is 0.213 e. The molecule has 0 aliphatic carbocycles. The van der Waals surface area contributed by atoms with Crippen LogP contribution in [0.15, 0.2) is 218 Å². The highest BCUT2D eigenvalue weighted by atomic mass is 15.0. The highest BCUT2D eigenvalue weighted by Crippen LogP contribution is 2.48. The maximum atomic E-state index is 11.7. The van der Waals surface area contributed by atoms with Crippen molar-refractivity contribution in [3.63, 3.8) is 0 Å². The summed E-state index contributed by atoms with van der Waals surface area (Å²) in [4.78, 5) is 4.48. The third-order valence-electron chi connectivity index (χ3n) is 14.0. The van der Waals surface area contributed by atoms with Crippen LogP contribution in [0.5, 0.6) is 0 Å². The first-order valence-corrected chi connectivity index (χ1v) is 22.8. The molecule has 4 heterocycles. The van der Waals surface area contributed by atoms with Crippen LogP contribution in [-0.4, -0.2) is 18.3 Å². The van der Waals surface area contributed by atoms with Crippen molar-refractivity contribution in [1.82, 2.24) is 18.3 Å². The standard InChI is InChI=1S/C62H36N6/c1-64-52-37-41(66-55-28-12-4-20-44(55)45-21-5-13-29-56(45)66)36-51(62(52)68-59-32-16-8-24-48(59)49-25-9-17-33-60(49)68)50-35-40(65-53-26-10-2-18-42(53)43-19-3-11-27-54(43)65)34-39(38-63)61(50)67-57-30-14-6-22-46(57)47-23-7-15-31-58(47)67/h2-37H. The number of benzene rings is 10. The molecule has 4 aromatic heterocycles. The Kier molecular flexibility index (Phi) is 8.01. The summed E-state index contributed by atoms with van der Waals surface area (Å²) in [6.45, 7) is 9.17. The number of para-hydroxylation sites is 8. The molecular weight excluding hydrogens is 829 g/mol. The zero-order chi connectivity index (χ0) is 45.0. The van der Waals surface area contributed by atoms with E-state index in [-0.39, 0.29) is 0 Å². The van der Waals surface area contributed by atoms with Gasteiger partial charge in [-0.2, -0.15) is 5.26 Å². The molecule has 0 fully saturated rings. The number of hydrogen-bond donors (Lipinski definition) is 0. The van der Waals surface area contributed by atoms with Crippen LogP contribution < -0.4 is 0 Å². The summed E-state index contributed by atoms with van der Waals surface area (Å²) < 4.78 is 9.13. The van der Waals surface area contributed by atoms with Crippen molar-refractivity contribution >= 4 is 92.9 Å². The normalized spacial score (nSPS) is 11.8. The largest absolute Gasteiger partial charge is 0.318 e. The van der Waals surface area contributed by atoms with Crippen molar-refractivity contribution in [1.29, 1.82) is 5.26 Å². The van der Waals surface area contributed by atoms with Crippen molar-refractivity contribution in [2.45, 2.75) is 0 Å². The number of hydrogen-bond acceptors (Lipinski definition) is 1. The van der Waals surface area contributed by atoms with Crippen LogP contribution in [0.3, 0.4) is 0 Å². The van der Waals surface area contributed by atoms with Crippen LogP contribution in [0.2, 0.25) is 0 Å². The Morgan fingerprint density at radius 3 is 0.897 bits per heavy atom. The van der Waals surface area contributed by atoms with E-state index in [1.54, 1.807) is 0 Å². The van der Waals surface area contributed by atoms with Gasteiger partial charge in [0.15, 0.2) is 0 Å². The first-order valence-electron chi connectivity index (χ1n) is 22.8. The lowest BCUT2D eigenvalue weighted by Gasteiger charge is -2.23. The van der Waals surface area contributed by atoms with Gasteiger partial charge in [0.1, 0.15) is 6.07 Å². The van der Waals surface area contributed by atoms with Crippen molar-refractivity contribution < 1.29 is 0 Å². The average Bonchev–Trinajstić information content (AvgIpc) is 4.13. The predicted molar refractivity (Wildman–Crippen MR) is 280 cm³/mol. The molecule has 0 saturated carbocycles. The third kappa shape index (κ3) is 5.20. The summed E-state index contributed by atoms with van der Waals surface area (Å²) in [5, 5.41) is 20.6. The molecule has 6 nitrogen and oxygen atoms in total. The minimum absolute atomic E-state index is 0.486. The van der Waals surface area contributed by atoms with Gasteiger partial charge < -0.3 is 18.3 Å². The van der Waals surface area contributed by atoms with Crippen LogP contribution in [0.25, 0.3) is 126 Å². The highest BCUT2D eigenvalue weighted by molar-refractivity contribution is 6.14. The highest BCUT2D eigenvalue weighted by Gasteiger charge is 2.28. The van der Waals surface area contributed by atoms with Gasteiger partial charge in [0.25, 0.3) is 0 Å². The van der Waals surface area contributed by atoms with Crippen LogP contribution in [0, 0.1) is 17.9 Å². The van der Waals surface area contributed by atoms with E-state index >= 15 is 0 Å². The summed E-state index contributed by atoms with van der Waals surface area (Å²) in [6.07, 6.45) is 0. The van der Waals surface area contributed by atoms with Gasteiger partial charge in [-0.3, -0.25) is 0 Å². The Hall–Kier alpha value is -9.62. The Morgan fingerprint density at radius 1 is 0.324 bits per heavy atom. The molecule has 0 N–H and O–H groups in total. The average molecular weight is 865 g/mol. The molecule has 0 spiro atoms. The van der Waals surface area contributed by atoms with Crippen molar-refractivity contribution in [3.8, 4) is 39.9 Å². The van der Waals surface area contributed by atoms with Gasteiger partial charge in [-0.15, -0.1) is 0 Å². The monoisotopic (exact) mass is 864 g/mol. The zero-order valence-corrected chi connectivity index (χ0v) is 36.5. The van der Waals surface area contributed by atoms with Gasteiger partial charge >= 0.3 is 0 Å². The van der Waals surface area contributed by atoms with Crippen molar-refractivity contribution in [2.75, 3.05) is 0 Å². The Bertz CT molecular complexity index is 4030. The molecule has 14 aromatic rings. The second-order valence-corrected chi connectivity index (χ2v) is 17.5. The molecule has 0 aliphatic heterocycles. The zero-order valence-electron chi connectivity index (χ0n) is 36.5. The molecule has 0 saturated heterocycles. The van der Waals surface area contributed by atoms with E-state index < -0.39 is 0 Å². The van der Waals surface area contributed by atoms with Crippen molar-refractivity contribution in [2.24, 2.45) is 0 Å². The molecule has 68 heavy (non-hydrogen) atoms. The van der Waals surface area contributed by atoms with E-state index in [0.29, 0.717) is 11.3 Å². The SMILES string of the molecule is [C-]#[N+]c1cc(-n2c3ccccc3c3ccccc32)cc(-c2cc(-n3c4ccccc4c4ccccc43)cc(C#N)c2-n2c3ccccc3c3ccccc32)c1-n1c2ccccc2c2ccccc21. The number of nitrogens with zero attached hydrogens (tertiary/aromatic N) is 6. The number of rotatable bonds is 5. The van der Waals surface area contributed by atoms with Gasteiger partial charge in [-0.05, 0) is 78.4 Å². The molecule has 0 radical (unpaired) electrons. The van der Waals surface area contributed by atoms with Gasteiger partial charge in [-0.1, -0.05) is 146 Å². The van der Waals surface area contributed by atoms with Gasteiger partial charge in [-0.25, -0.2) is 4.85 Å². The minimum atomic E-state index is 0.486. The third-order valence-corrected chi connectivity index (χ3v) is 14.0. The second-order valence-electron chi connectivity index (χ2n) is 17.5. The molecule has 0 unspecified atom stereocenters. The van der Waals surface area contributed by atoms with E-state index in [4.69, 9.17) is 0 Å². The van der Waals surface area contributed by atoms with Crippen molar-refractivity contribution in [3.05, 3.63) is 235 Å². The first kappa shape index (κ1) is 37.7. The molecule has 0 aliphatic rings. The summed E-state index contributed by atoms with van der Waals surface area (Å²) in [7, 11) is 0. The van der Waals surface area contributed by atoms with E-state index in [1.807, 2.05) is 6.07 Å². The van der Waals surface area contributed by atoms with Gasteiger partial charge in [0.2, 0.25) is 5.69 Å². The van der Waals surface area contributed by atoms with Gasteiger partial charge in [0.05, 0.1) is 67.6 Å². The topological polar surface area (TPSA) is 47.9 Å². The van der Waals surface area contributed by atoms with Crippen LogP contribution in [0.1, 0.15) is 5.56 Å². The van der Waals surface area contributed by atoms with E-state index in [0.717, 1.165) is 121 Å². The first-order chi connectivity index (χ1) is 33.7. The number of nitriles is 1. The summed E-state index contributed by atoms with van der Waals surface area (Å²) in [5.74, 6) is 0.